The number of carboxylic acids is 1. The Morgan fingerprint density at radius 3 is 2.72 bits per heavy atom. The van der Waals surface area contributed by atoms with E-state index >= 15 is 0 Å². The molecule has 2 N–H and O–H groups in total. The monoisotopic (exact) mass is 248 g/mol. The summed E-state index contributed by atoms with van der Waals surface area (Å²) in [6.07, 6.45) is 0. The van der Waals surface area contributed by atoms with Crippen LogP contribution in [-0.2, 0) is 17.9 Å². The standard InChI is InChI=1S/C13H16N2O3/c1-9(16)14-4-5-15-7-11-3-2-10(13(17)18)6-12(11)8-15/h2-3,6H,4-5,7-8H2,1H3,(H,14,16)(H,17,18). The van der Waals surface area contributed by atoms with Gasteiger partial charge in [0.2, 0.25) is 5.91 Å². The number of aromatic carboxylic acids is 1. The molecular weight excluding hydrogens is 232 g/mol. The first-order chi connectivity index (χ1) is 8.56. The number of rotatable bonds is 4. The van der Waals surface area contributed by atoms with E-state index in [1.807, 2.05) is 6.07 Å². The highest BCUT2D eigenvalue weighted by molar-refractivity contribution is 5.87. The molecule has 0 unspecified atom stereocenters. The molecule has 0 aromatic heterocycles. The number of nitrogens with one attached hydrogen (secondary N) is 1. The first-order valence-corrected chi connectivity index (χ1v) is 5.88. The molecule has 1 aromatic carbocycles. The molecule has 1 heterocycles. The number of carbonyl (C=O) groups is 2. The maximum atomic E-state index is 10.9. The third-order valence-corrected chi connectivity index (χ3v) is 3.04. The molecule has 0 saturated carbocycles. The van der Waals surface area contributed by atoms with Crippen molar-refractivity contribution in [1.29, 1.82) is 0 Å². The van der Waals surface area contributed by atoms with Crippen molar-refractivity contribution in [2.75, 3.05) is 13.1 Å². The molecule has 1 amide bonds. The molecule has 18 heavy (non-hydrogen) atoms. The first-order valence-electron chi connectivity index (χ1n) is 5.88. The molecule has 0 aliphatic carbocycles. The van der Waals surface area contributed by atoms with Crippen molar-refractivity contribution in [3.8, 4) is 0 Å². The molecule has 0 fully saturated rings. The third kappa shape index (κ3) is 2.87. The molecule has 0 atom stereocenters. The number of carboxylic acid groups (broad SMARTS) is 1. The molecule has 1 aromatic rings. The minimum absolute atomic E-state index is 0.0279. The van der Waals surface area contributed by atoms with Gasteiger partial charge in [0.1, 0.15) is 0 Å². The zero-order valence-electron chi connectivity index (χ0n) is 10.3. The van der Waals surface area contributed by atoms with E-state index in [1.165, 1.54) is 12.5 Å². The summed E-state index contributed by atoms with van der Waals surface area (Å²) in [6.45, 7) is 4.45. The summed E-state index contributed by atoms with van der Waals surface area (Å²) in [5, 5.41) is 11.7. The van der Waals surface area contributed by atoms with Gasteiger partial charge < -0.3 is 10.4 Å². The molecule has 0 bridgehead atoms. The summed E-state index contributed by atoms with van der Waals surface area (Å²) in [5.41, 5.74) is 2.57. The molecule has 1 aliphatic heterocycles. The van der Waals surface area contributed by atoms with E-state index in [4.69, 9.17) is 5.11 Å². The topological polar surface area (TPSA) is 69.6 Å². The number of benzene rings is 1. The molecule has 5 heteroatoms. The second-order valence-electron chi connectivity index (χ2n) is 4.48. The molecule has 5 nitrogen and oxygen atoms in total. The van der Waals surface area contributed by atoms with Crippen LogP contribution in [0.25, 0.3) is 0 Å². The van der Waals surface area contributed by atoms with Crippen LogP contribution in [-0.4, -0.2) is 35.0 Å². The average molecular weight is 248 g/mol. The van der Waals surface area contributed by atoms with E-state index in [1.54, 1.807) is 12.1 Å². The summed E-state index contributed by atoms with van der Waals surface area (Å²) in [6, 6.07) is 5.24. The number of amides is 1. The summed E-state index contributed by atoms with van der Waals surface area (Å²) >= 11 is 0. The zero-order chi connectivity index (χ0) is 13.1. The van der Waals surface area contributed by atoms with Gasteiger partial charge in [-0.1, -0.05) is 6.07 Å². The van der Waals surface area contributed by atoms with E-state index in [-0.39, 0.29) is 5.91 Å². The van der Waals surface area contributed by atoms with E-state index in [0.717, 1.165) is 25.2 Å². The molecule has 2 rings (SSSR count). The van der Waals surface area contributed by atoms with Crippen LogP contribution < -0.4 is 5.32 Å². The molecule has 0 spiro atoms. The molecular formula is C13H16N2O3. The van der Waals surface area contributed by atoms with Crippen LogP contribution in [0.4, 0.5) is 0 Å². The second kappa shape index (κ2) is 5.18. The van der Waals surface area contributed by atoms with Gasteiger partial charge in [-0.25, -0.2) is 4.79 Å². The van der Waals surface area contributed by atoms with Crippen molar-refractivity contribution in [3.05, 3.63) is 34.9 Å². The Hall–Kier alpha value is -1.88. The highest BCUT2D eigenvalue weighted by atomic mass is 16.4. The summed E-state index contributed by atoms with van der Waals surface area (Å²) in [4.78, 5) is 23.8. The lowest BCUT2D eigenvalue weighted by molar-refractivity contribution is -0.119. The Bertz CT molecular complexity index is 485. The van der Waals surface area contributed by atoms with Crippen LogP contribution in [0.1, 0.15) is 28.4 Å². The molecule has 0 radical (unpaired) electrons. The number of hydrogen-bond acceptors (Lipinski definition) is 3. The number of carbonyl (C=O) groups excluding carboxylic acids is 1. The summed E-state index contributed by atoms with van der Waals surface area (Å²) in [7, 11) is 0. The smallest absolute Gasteiger partial charge is 0.335 e. The predicted molar refractivity (Wildman–Crippen MR) is 66.2 cm³/mol. The predicted octanol–water partition coefficient (Wildman–Crippen LogP) is 0.836. The number of fused-ring (bicyclic) bond motifs is 1. The van der Waals surface area contributed by atoms with Gasteiger partial charge >= 0.3 is 5.97 Å². The maximum Gasteiger partial charge on any atom is 0.335 e. The maximum absolute atomic E-state index is 10.9. The highest BCUT2D eigenvalue weighted by Crippen LogP contribution is 2.23. The quantitative estimate of drug-likeness (QED) is 0.828. The van der Waals surface area contributed by atoms with Gasteiger partial charge in [0.15, 0.2) is 0 Å². The van der Waals surface area contributed by atoms with Crippen LogP contribution in [0.3, 0.4) is 0 Å². The lowest BCUT2D eigenvalue weighted by Gasteiger charge is -2.14. The number of nitrogens with zero attached hydrogens (tertiary/aromatic N) is 1. The molecule has 1 aliphatic rings. The Morgan fingerprint density at radius 1 is 1.33 bits per heavy atom. The van der Waals surface area contributed by atoms with Crippen molar-refractivity contribution in [2.45, 2.75) is 20.0 Å². The Kier molecular flexibility index (Phi) is 3.62. The van der Waals surface area contributed by atoms with Crippen molar-refractivity contribution >= 4 is 11.9 Å². The lowest BCUT2D eigenvalue weighted by Crippen LogP contribution is -2.30. The van der Waals surface area contributed by atoms with Crippen LogP contribution in [0.5, 0.6) is 0 Å². The highest BCUT2D eigenvalue weighted by Gasteiger charge is 2.19. The fourth-order valence-electron chi connectivity index (χ4n) is 2.15. The first kappa shape index (κ1) is 12.6. The second-order valence-corrected chi connectivity index (χ2v) is 4.48. The molecule has 96 valence electrons. The van der Waals surface area contributed by atoms with Crippen LogP contribution >= 0.6 is 0 Å². The van der Waals surface area contributed by atoms with Gasteiger partial charge in [-0.3, -0.25) is 9.69 Å². The SMILES string of the molecule is CC(=O)NCCN1Cc2ccc(C(=O)O)cc2C1. The third-order valence-electron chi connectivity index (χ3n) is 3.04. The van der Waals surface area contributed by atoms with Gasteiger partial charge in [-0.05, 0) is 23.3 Å². The van der Waals surface area contributed by atoms with Crippen molar-refractivity contribution in [2.24, 2.45) is 0 Å². The van der Waals surface area contributed by atoms with E-state index < -0.39 is 5.97 Å². The van der Waals surface area contributed by atoms with E-state index in [0.29, 0.717) is 12.1 Å². The van der Waals surface area contributed by atoms with Crippen molar-refractivity contribution in [3.63, 3.8) is 0 Å². The Labute approximate surface area is 105 Å². The fraction of sp³-hybridized carbons (Fsp3) is 0.385. The lowest BCUT2D eigenvalue weighted by atomic mass is 10.1. The number of hydrogen-bond donors (Lipinski definition) is 2. The van der Waals surface area contributed by atoms with Gasteiger partial charge in [-0.2, -0.15) is 0 Å². The van der Waals surface area contributed by atoms with Crippen molar-refractivity contribution in [1.82, 2.24) is 10.2 Å². The van der Waals surface area contributed by atoms with Crippen molar-refractivity contribution < 1.29 is 14.7 Å². The van der Waals surface area contributed by atoms with Crippen LogP contribution in [0, 0.1) is 0 Å². The molecule has 0 saturated heterocycles. The van der Waals surface area contributed by atoms with Gasteiger partial charge in [-0.15, -0.1) is 0 Å². The fourth-order valence-corrected chi connectivity index (χ4v) is 2.15. The van der Waals surface area contributed by atoms with E-state index in [2.05, 4.69) is 10.2 Å². The summed E-state index contributed by atoms with van der Waals surface area (Å²) < 4.78 is 0. The van der Waals surface area contributed by atoms with Gasteiger partial charge in [0.25, 0.3) is 0 Å². The van der Waals surface area contributed by atoms with Gasteiger partial charge in [0, 0.05) is 33.1 Å². The Balaban J connectivity index is 1.95. The minimum Gasteiger partial charge on any atom is -0.478 e. The van der Waals surface area contributed by atoms with Crippen LogP contribution in [0.15, 0.2) is 18.2 Å². The van der Waals surface area contributed by atoms with Crippen LogP contribution in [0.2, 0.25) is 0 Å². The minimum atomic E-state index is -0.894. The summed E-state index contributed by atoms with van der Waals surface area (Å²) in [5.74, 6) is -0.922. The Morgan fingerprint density at radius 2 is 2.06 bits per heavy atom. The average Bonchev–Trinajstić information content (AvgIpc) is 2.69. The normalized spacial score (nSPS) is 14.3. The zero-order valence-corrected chi connectivity index (χ0v) is 10.3. The largest absolute Gasteiger partial charge is 0.478 e. The van der Waals surface area contributed by atoms with Gasteiger partial charge in [0.05, 0.1) is 5.56 Å². The van der Waals surface area contributed by atoms with E-state index in [9.17, 15) is 9.59 Å².